The van der Waals surface area contributed by atoms with Gasteiger partial charge in [0.05, 0.1) is 12.1 Å². The molecule has 0 spiro atoms. The Hall–Kier alpha value is -1.51. The van der Waals surface area contributed by atoms with Crippen molar-refractivity contribution in [2.75, 3.05) is 5.32 Å². The molecule has 1 amide bonds. The number of hydrogen-bond acceptors (Lipinski definition) is 4. The predicted octanol–water partition coefficient (Wildman–Crippen LogP) is 2.86. The van der Waals surface area contributed by atoms with Gasteiger partial charge in [-0.15, -0.1) is 11.3 Å². The number of anilines is 1. The first-order valence-electron chi connectivity index (χ1n) is 6.17. The summed E-state index contributed by atoms with van der Waals surface area (Å²) in [6.45, 7) is 0. The summed E-state index contributed by atoms with van der Waals surface area (Å²) in [4.78, 5) is 16.1. The number of nitrogens with one attached hydrogen (secondary N) is 1. The quantitative estimate of drug-likeness (QED) is 0.882. The van der Waals surface area contributed by atoms with E-state index in [2.05, 4.69) is 10.3 Å². The summed E-state index contributed by atoms with van der Waals surface area (Å²) in [6, 6.07) is -0.357. The summed E-state index contributed by atoms with van der Waals surface area (Å²) >= 11 is 0.892. The van der Waals surface area contributed by atoms with E-state index in [1.54, 1.807) is 0 Å². The maximum Gasteiger partial charge on any atom is 0.434 e. The van der Waals surface area contributed by atoms with Crippen LogP contribution in [0.5, 0.6) is 0 Å². The van der Waals surface area contributed by atoms with Crippen molar-refractivity contribution >= 4 is 22.6 Å². The molecule has 110 valence electrons. The lowest BCUT2D eigenvalue weighted by atomic mass is 9.96. The highest BCUT2D eigenvalue weighted by molar-refractivity contribution is 7.13. The van der Waals surface area contributed by atoms with E-state index in [4.69, 9.17) is 5.11 Å². The van der Waals surface area contributed by atoms with Crippen LogP contribution in [0.15, 0.2) is 5.38 Å². The van der Waals surface area contributed by atoms with Gasteiger partial charge in [0.2, 0.25) is 0 Å². The zero-order valence-corrected chi connectivity index (χ0v) is 11.0. The van der Waals surface area contributed by atoms with E-state index in [-0.39, 0.29) is 23.3 Å². The lowest BCUT2D eigenvalue weighted by Crippen LogP contribution is -2.39. The van der Waals surface area contributed by atoms with Gasteiger partial charge in [-0.3, -0.25) is 0 Å². The van der Waals surface area contributed by atoms with Crippen molar-refractivity contribution in [3.8, 4) is 0 Å². The first-order chi connectivity index (χ1) is 9.36. The van der Waals surface area contributed by atoms with Crippen LogP contribution >= 0.6 is 11.3 Å². The molecular formula is C11H12F3N3O2S. The number of halogens is 3. The summed E-state index contributed by atoms with van der Waals surface area (Å²) in [6.07, 6.45) is -3.22. The van der Waals surface area contributed by atoms with Crippen LogP contribution in [0.25, 0.3) is 0 Å². The van der Waals surface area contributed by atoms with Crippen molar-refractivity contribution in [3.63, 3.8) is 0 Å². The second-order valence-corrected chi connectivity index (χ2v) is 5.87. The second-order valence-electron chi connectivity index (χ2n) is 5.01. The maximum absolute atomic E-state index is 12.5. The molecule has 2 N–H and O–H groups in total. The number of rotatable bonds is 2. The van der Waals surface area contributed by atoms with Crippen molar-refractivity contribution in [1.29, 1.82) is 0 Å². The molecule has 1 aromatic heterocycles. The van der Waals surface area contributed by atoms with Crippen LogP contribution in [0.4, 0.5) is 23.1 Å². The molecule has 3 heterocycles. The Morgan fingerprint density at radius 3 is 2.80 bits per heavy atom. The topological polar surface area (TPSA) is 65.5 Å². The highest BCUT2D eigenvalue weighted by Crippen LogP contribution is 2.40. The Balaban J connectivity index is 1.71. The lowest BCUT2D eigenvalue weighted by Gasteiger charge is -2.22. The third-order valence-electron chi connectivity index (χ3n) is 3.86. The SMILES string of the molecule is O=C(O)N1C2CCC1C(Nc1nc(C(F)(F)F)cs1)C2. The number of carboxylic acid groups (broad SMARTS) is 1. The van der Waals surface area contributed by atoms with Crippen LogP contribution in [0.2, 0.25) is 0 Å². The standard InChI is InChI=1S/C11H12F3N3O2S/c12-11(13,14)8-4-20-9(16-8)15-6-3-5-1-2-7(6)17(5)10(18)19/h4-7H,1-3H2,(H,15,16)(H,18,19). The number of alkyl halides is 3. The van der Waals surface area contributed by atoms with Crippen LogP contribution in [0.1, 0.15) is 25.0 Å². The van der Waals surface area contributed by atoms with E-state index >= 15 is 0 Å². The molecule has 3 rings (SSSR count). The number of aromatic nitrogens is 1. The summed E-state index contributed by atoms with van der Waals surface area (Å²) in [5, 5.41) is 13.2. The van der Waals surface area contributed by atoms with E-state index in [0.29, 0.717) is 6.42 Å². The zero-order chi connectivity index (χ0) is 14.5. The largest absolute Gasteiger partial charge is 0.465 e. The molecule has 2 fully saturated rings. The van der Waals surface area contributed by atoms with Crippen molar-refractivity contribution in [2.24, 2.45) is 0 Å². The fourth-order valence-corrected chi connectivity index (χ4v) is 3.85. The normalized spacial score (nSPS) is 28.9. The monoisotopic (exact) mass is 307 g/mol. The number of fused-ring (bicyclic) bond motifs is 2. The zero-order valence-electron chi connectivity index (χ0n) is 10.2. The van der Waals surface area contributed by atoms with E-state index in [0.717, 1.165) is 29.6 Å². The summed E-state index contributed by atoms with van der Waals surface area (Å²) in [5.41, 5.74) is -0.914. The van der Waals surface area contributed by atoms with Crippen LogP contribution in [-0.2, 0) is 6.18 Å². The number of thiazole rings is 1. The maximum atomic E-state index is 12.5. The average molecular weight is 307 g/mol. The Labute approximate surface area is 116 Å². The molecule has 0 aliphatic carbocycles. The highest BCUT2D eigenvalue weighted by atomic mass is 32.1. The summed E-state index contributed by atoms with van der Waals surface area (Å²) in [5.74, 6) is 0. The molecule has 2 bridgehead atoms. The number of nitrogens with zero attached hydrogens (tertiary/aromatic N) is 2. The van der Waals surface area contributed by atoms with Crippen molar-refractivity contribution < 1.29 is 23.1 Å². The minimum atomic E-state index is -4.45. The molecule has 2 saturated heterocycles. The Kier molecular flexibility index (Phi) is 3.03. The van der Waals surface area contributed by atoms with Gasteiger partial charge in [-0.2, -0.15) is 13.2 Å². The Bertz CT molecular complexity index is 533. The number of amides is 1. The molecule has 9 heteroatoms. The van der Waals surface area contributed by atoms with Crippen LogP contribution in [0.3, 0.4) is 0 Å². The molecule has 3 unspecified atom stereocenters. The van der Waals surface area contributed by atoms with Gasteiger partial charge in [-0.05, 0) is 19.3 Å². The molecule has 2 aliphatic rings. The van der Waals surface area contributed by atoms with Crippen molar-refractivity contribution in [3.05, 3.63) is 11.1 Å². The molecule has 20 heavy (non-hydrogen) atoms. The van der Waals surface area contributed by atoms with Crippen LogP contribution in [0, 0.1) is 0 Å². The molecule has 0 radical (unpaired) electrons. The van der Waals surface area contributed by atoms with Gasteiger partial charge in [-0.25, -0.2) is 9.78 Å². The first-order valence-corrected chi connectivity index (χ1v) is 7.05. The van der Waals surface area contributed by atoms with Crippen molar-refractivity contribution in [2.45, 2.75) is 43.6 Å². The van der Waals surface area contributed by atoms with Gasteiger partial charge in [0.15, 0.2) is 10.8 Å². The first kappa shape index (κ1) is 13.5. The smallest absolute Gasteiger partial charge is 0.434 e. The second kappa shape index (κ2) is 4.51. The third-order valence-corrected chi connectivity index (χ3v) is 4.63. The Morgan fingerprint density at radius 2 is 2.25 bits per heavy atom. The fraction of sp³-hybridized carbons (Fsp3) is 0.636. The van der Waals surface area contributed by atoms with E-state index in [9.17, 15) is 18.0 Å². The average Bonchev–Trinajstić information content (AvgIpc) is 3.00. The van der Waals surface area contributed by atoms with E-state index < -0.39 is 18.0 Å². The molecule has 1 aromatic rings. The Morgan fingerprint density at radius 1 is 1.50 bits per heavy atom. The highest BCUT2D eigenvalue weighted by Gasteiger charge is 2.49. The van der Waals surface area contributed by atoms with Gasteiger partial charge >= 0.3 is 12.3 Å². The van der Waals surface area contributed by atoms with Gasteiger partial charge in [0.25, 0.3) is 0 Å². The molecule has 0 saturated carbocycles. The van der Waals surface area contributed by atoms with Gasteiger partial charge in [-0.1, -0.05) is 0 Å². The molecular weight excluding hydrogens is 295 g/mol. The summed E-state index contributed by atoms with van der Waals surface area (Å²) < 4.78 is 37.4. The van der Waals surface area contributed by atoms with Gasteiger partial charge in [0.1, 0.15) is 0 Å². The molecule has 0 aromatic carbocycles. The number of carbonyl (C=O) groups is 1. The van der Waals surface area contributed by atoms with Gasteiger partial charge in [0, 0.05) is 11.4 Å². The van der Waals surface area contributed by atoms with E-state index in [1.165, 1.54) is 4.90 Å². The lowest BCUT2D eigenvalue weighted by molar-refractivity contribution is -0.140. The molecule has 5 nitrogen and oxygen atoms in total. The molecule has 3 atom stereocenters. The number of hydrogen-bond donors (Lipinski definition) is 2. The van der Waals surface area contributed by atoms with Crippen molar-refractivity contribution in [1.82, 2.24) is 9.88 Å². The minimum absolute atomic E-state index is 0.0305. The minimum Gasteiger partial charge on any atom is -0.465 e. The molecule has 2 aliphatic heterocycles. The van der Waals surface area contributed by atoms with Gasteiger partial charge < -0.3 is 15.3 Å². The summed E-state index contributed by atoms with van der Waals surface area (Å²) in [7, 11) is 0. The van der Waals surface area contributed by atoms with Crippen LogP contribution < -0.4 is 5.32 Å². The third kappa shape index (κ3) is 2.19. The van der Waals surface area contributed by atoms with E-state index in [1.807, 2.05) is 0 Å². The fourth-order valence-electron chi connectivity index (χ4n) is 3.07. The van der Waals surface area contributed by atoms with Crippen LogP contribution in [-0.4, -0.2) is 39.2 Å². The predicted molar refractivity (Wildman–Crippen MR) is 65.8 cm³/mol.